The van der Waals surface area contributed by atoms with Gasteiger partial charge < -0.3 is 27.8 Å². The Morgan fingerprint density at radius 2 is 0.744 bits per heavy atom. The zero-order valence-corrected chi connectivity index (χ0v) is 45.5. The van der Waals surface area contributed by atoms with Gasteiger partial charge in [-0.1, -0.05) is 111 Å². The number of rotatable bonds is 15. The van der Waals surface area contributed by atoms with E-state index >= 15 is 0 Å². The summed E-state index contributed by atoms with van der Waals surface area (Å²) in [5.74, 6) is 6.22. The highest BCUT2D eigenvalue weighted by atomic mass is 35.5. The van der Waals surface area contributed by atoms with Gasteiger partial charge in [0.1, 0.15) is 40.0 Å². The first kappa shape index (κ1) is 53.6. The van der Waals surface area contributed by atoms with Crippen molar-refractivity contribution in [1.82, 2.24) is 60.3 Å². The first-order valence-corrected chi connectivity index (χ1v) is 26.3. The molecule has 3 saturated carbocycles. The van der Waals surface area contributed by atoms with Crippen LogP contribution in [0.25, 0.3) is 34.2 Å². The van der Waals surface area contributed by atoms with Crippen LogP contribution in [0.1, 0.15) is 158 Å². The van der Waals surface area contributed by atoms with Crippen LogP contribution in [-0.2, 0) is 0 Å². The SMILES string of the molecule is Cc1nc(C)c(Cl)c(OC(C)c2ccc(-c3noc(C4CC4)n3)cc2)n1.Cc1nc(C)c(F)c(OC(C)c2ccc(-c3noc(C4CC4)n3)cc2)n1.Cc1nc(F)nc(OC(C)c2ccc(-c3noc(C4CC4)n3)cc2)c1Cl. The van der Waals surface area contributed by atoms with Crippen molar-refractivity contribution in [2.75, 3.05) is 0 Å². The highest BCUT2D eigenvalue weighted by Gasteiger charge is 2.32. The average molecular weight is 1100 g/mol. The lowest BCUT2D eigenvalue weighted by molar-refractivity contribution is 0.204. The third kappa shape index (κ3) is 12.9. The maximum Gasteiger partial charge on any atom is 0.312 e. The number of ether oxygens (including phenoxy) is 3. The van der Waals surface area contributed by atoms with Gasteiger partial charge in [0.15, 0.2) is 0 Å². The molecule has 6 heterocycles. The summed E-state index contributed by atoms with van der Waals surface area (Å²) in [7, 11) is 0. The van der Waals surface area contributed by atoms with Gasteiger partial charge in [0.25, 0.3) is 5.88 Å². The van der Waals surface area contributed by atoms with Crippen molar-refractivity contribution in [3.05, 3.63) is 158 Å². The number of aromatic nitrogens is 12. The molecule has 18 nitrogen and oxygen atoms in total. The summed E-state index contributed by atoms with van der Waals surface area (Å²) >= 11 is 12.3. The highest BCUT2D eigenvalue weighted by molar-refractivity contribution is 6.32. The van der Waals surface area contributed by atoms with Crippen molar-refractivity contribution in [2.45, 2.75) is 130 Å². The molecule has 3 aromatic carbocycles. The normalized spacial score (nSPS) is 15.1. The minimum atomic E-state index is -0.868. The van der Waals surface area contributed by atoms with Crippen LogP contribution in [0.15, 0.2) is 86.4 Å². The van der Waals surface area contributed by atoms with Crippen LogP contribution in [0.3, 0.4) is 0 Å². The van der Waals surface area contributed by atoms with Crippen LogP contribution < -0.4 is 14.2 Å². The van der Waals surface area contributed by atoms with Gasteiger partial charge >= 0.3 is 6.08 Å². The molecule has 0 N–H and O–H groups in total. The molecule has 6 aromatic heterocycles. The van der Waals surface area contributed by atoms with Crippen molar-refractivity contribution in [3.8, 4) is 51.8 Å². The van der Waals surface area contributed by atoms with Crippen molar-refractivity contribution >= 4 is 23.2 Å². The van der Waals surface area contributed by atoms with E-state index in [4.69, 9.17) is 51.0 Å². The zero-order valence-electron chi connectivity index (χ0n) is 44.0. The molecule has 78 heavy (non-hydrogen) atoms. The second kappa shape index (κ2) is 23.0. The molecule has 3 unspecified atom stereocenters. The van der Waals surface area contributed by atoms with Crippen molar-refractivity contribution < 1.29 is 36.6 Å². The maximum absolute atomic E-state index is 14.1. The Hall–Kier alpha value is -7.84. The quantitative estimate of drug-likeness (QED) is 0.0870. The van der Waals surface area contributed by atoms with Gasteiger partial charge in [0.2, 0.25) is 52.7 Å². The van der Waals surface area contributed by atoms with Crippen molar-refractivity contribution in [3.63, 3.8) is 0 Å². The standard InChI is InChI=1S/C19H19ClN4O2.C19H19FN4O2.C18H16ClFN4O2/c2*1-10-16(20)19(22-12(3)21-10)25-11(2)13-4-6-14(7-5-13)17-23-18(26-24-17)15-8-9-15;1-9-14(19)17(23-18(20)21-9)25-10(2)11-3-5-12(6-4-11)15-22-16(26-24-15)13-7-8-13/h2*4-7,11,15H,8-9H2,1-3H3;3-6,10,13H,7-8H2,1-2H3. The van der Waals surface area contributed by atoms with Gasteiger partial charge in [-0.2, -0.15) is 38.7 Å². The lowest BCUT2D eigenvalue weighted by Crippen LogP contribution is -2.08. The largest absolute Gasteiger partial charge is 0.469 e. The van der Waals surface area contributed by atoms with Crippen molar-refractivity contribution in [1.29, 1.82) is 0 Å². The number of hydrogen-bond donors (Lipinski definition) is 0. The Labute approximate surface area is 457 Å². The lowest BCUT2D eigenvalue weighted by atomic mass is 10.1. The summed E-state index contributed by atoms with van der Waals surface area (Å²) in [5.41, 5.74) is 6.75. The molecule has 0 saturated heterocycles. The molecular formula is C56H54Cl2F2N12O6. The summed E-state index contributed by atoms with van der Waals surface area (Å²) in [6.45, 7) is 14.2. The second-order valence-electron chi connectivity index (χ2n) is 19.5. The molecular weight excluding hydrogens is 1050 g/mol. The van der Waals surface area contributed by atoms with E-state index < -0.39 is 11.9 Å². The van der Waals surface area contributed by atoms with Crippen LogP contribution in [0.4, 0.5) is 8.78 Å². The molecule has 3 aliphatic carbocycles. The van der Waals surface area contributed by atoms with E-state index in [0.717, 1.165) is 77.8 Å². The Morgan fingerprint density at radius 1 is 0.423 bits per heavy atom. The molecule has 22 heteroatoms. The molecule has 0 aliphatic heterocycles. The van der Waals surface area contributed by atoms with Gasteiger partial charge in [0, 0.05) is 34.4 Å². The van der Waals surface area contributed by atoms with E-state index in [9.17, 15) is 8.78 Å². The first-order chi connectivity index (χ1) is 37.5. The summed E-state index contributed by atoms with van der Waals surface area (Å²) in [4.78, 5) is 37.1. The van der Waals surface area contributed by atoms with Crippen LogP contribution in [0.2, 0.25) is 10.0 Å². The average Bonchev–Trinajstić information content (AvgIpc) is 4.45. The number of halogens is 4. The van der Waals surface area contributed by atoms with Crippen molar-refractivity contribution in [2.24, 2.45) is 0 Å². The second-order valence-corrected chi connectivity index (χ2v) is 20.2. The number of hydrogen-bond acceptors (Lipinski definition) is 18. The predicted molar refractivity (Wildman–Crippen MR) is 282 cm³/mol. The Morgan fingerprint density at radius 3 is 1.12 bits per heavy atom. The minimum Gasteiger partial charge on any atom is -0.469 e. The fourth-order valence-corrected chi connectivity index (χ4v) is 8.29. The minimum absolute atomic E-state index is 0.0282. The molecule has 3 aliphatic rings. The van der Waals surface area contributed by atoms with E-state index in [1.165, 1.54) is 0 Å². The van der Waals surface area contributed by atoms with Gasteiger partial charge in [-0.3, -0.25) is 0 Å². The van der Waals surface area contributed by atoms with E-state index in [1.807, 2.05) is 107 Å². The van der Waals surface area contributed by atoms with E-state index in [2.05, 4.69) is 60.3 Å². The van der Waals surface area contributed by atoms with E-state index in [0.29, 0.717) is 80.9 Å². The Kier molecular flexibility index (Phi) is 15.8. The predicted octanol–water partition coefficient (Wildman–Crippen LogP) is 13.8. The molecule has 0 radical (unpaired) electrons. The Bertz CT molecular complexity index is 3180. The highest BCUT2D eigenvalue weighted by Crippen LogP contribution is 2.42. The van der Waals surface area contributed by atoms with Crippen LogP contribution >= 0.6 is 23.2 Å². The molecule has 0 spiro atoms. The Balaban J connectivity index is 0.000000132. The first-order valence-electron chi connectivity index (χ1n) is 25.6. The van der Waals surface area contributed by atoms with Gasteiger partial charge in [0.05, 0.1) is 17.1 Å². The van der Waals surface area contributed by atoms with Gasteiger partial charge in [-0.25, -0.2) is 15.0 Å². The molecule has 0 amide bonds. The molecule has 3 atom stereocenters. The topological polar surface area (TPSA) is 222 Å². The van der Waals surface area contributed by atoms with Crippen LogP contribution in [0.5, 0.6) is 17.6 Å². The molecule has 402 valence electrons. The fraction of sp³-hybridized carbons (Fsp3) is 0.357. The van der Waals surface area contributed by atoms with Gasteiger partial charge in [-0.15, -0.1) is 0 Å². The molecule has 9 aromatic rings. The summed E-state index contributed by atoms with van der Waals surface area (Å²) < 4.78 is 60.8. The number of benzene rings is 3. The van der Waals surface area contributed by atoms with E-state index in [1.54, 1.807) is 20.8 Å². The molecule has 0 bridgehead atoms. The lowest BCUT2D eigenvalue weighted by Gasteiger charge is -2.16. The summed E-state index contributed by atoms with van der Waals surface area (Å²) in [5, 5.41) is 12.8. The third-order valence-corrected chi connectivity index (χ3v) is 13.9. The maximum atomic E-state index is 14.1. The smallest absolute Gasteiger partial charge is 0.312 e. The van der Waals surface area contributed by atoms with Crippen LogP contribution in [-0.4, -0.2) is 60.3 Å². The third-order valence-electron chi connectivity index (χ3n) is 13.0. The summed E-state index contributed by atoms with van der Waals surface area (Å²) in [6, 6.07) is 23.1. The zero-order chi connectivity index (χ0) is 54.8. The fourth-order valence-electron chi connectivity index (χ4n) is 8.03. The summed E-state index contributed by atoms with van der Waals surface area (Å²) in [6.07, 6.45) is 4.93. The molecule has 12 rings (SSSR count). The number of nitrogens with zero attached hydrogens (tertiary/aromatic N) is 12. The van der Waals surface area contributed by atoms with Gasteiger partial charge in [-0.05, 0) is 111 Å². The monoisotopic (exact) mass is 1100 g/mol. The van der Waals surface area contributed by atoms with E-state index in [-0.39, 0.29) is 40.8 Å². The van der Waals surface area contributed by atoms with Crippen LogP contribution in [0, 0.1) is 46.5 Å². The molecule has 3 fully saturated rings. The number of aryl methyl sites for hydroxylation is 5.